The van der Waals surface area contributed by atoms with Crippen LogP contribution in [0.1, 0.15) is 5.56 Å². The summed E-state index contributed by atoms with van der Waals surface area (Å²) in [6.07, 6.45) is 0. The zero-order valence-corrected chi connectivity index (χ0v) is 13.4. The van der Waals surface area contributed by atoms with Crippen LogP contribution in [0.4, 0.5) is 5.69 Å². The molecule has 0 atom stereocenters. The molecule has 3 rings (SSSR count). The Hall–Kier alpha value is -3.00. The first-order valence-electron chi connectivity index (χ1n) is 7.97. The number of benzene rings is 2. The predicted molar refractivity (Wildman–Crippen MR) is 91.9 cm³/mol. The van der Waals surface area contributed by atoms with Crippen molar-refractivity contribution in [1.82, 2.24) is 4.90 Å². The molecule has 1 saturated heterocycles. The Morgan fingerprint density at radius 2 is 1.67 bits per heavy atom. The zero-order valence-electron chi connectivity index (χ0n) is 13.4. The lowest BCUT2D eigenvalue weighted by atomic mass is 10.2. The van der Waals surface area contributed by atoms with Gasteiger partial charge >= 0.3 is 0 Å². The van der Waals surface area contributed by atoms with Gasteiger partial charge < -0.3 is 14.5 Å². The molecule has 1 heterocycles. The van der Waals surface area contributed by atoms with Crippen molar-refractivity contribution < 1.29 is 9.53 Å². The van der Waals surface area contributed by atoms with E-state index >= 15 is 0 Å². The molecule has 2 aromatic carbocycles. The van der Waals surface area contributed by atoms with E-state index in [2.05, 4.69) is 23.1 Å². The second-order valence-corrected chi connectivity index (χ2v) is 5.60. The summed E-state index contributed by atoms with van der Waals surface area (Å²) in [4.78, 5) is 16.4. The number of amides is 1. The molecule has 1 amide bonds. The predicted octanol–water partition coefficient (Wildman–Crippen LogP) is 2.29. The van der Waals surface area contributed by atoms with Crippen molar-refractivity contribution in [3.8, 4) is 11.8 Å². The van der Waals surface area contributed by atoms with Crippen LogP contribution in [0.3, 0.4) is 0 Å². The Bertz CT molecular complexity index is 732. The molecule has 1 aliphatic rings. The summed E-state index contributed by atoms with van der Waals surface area (Å²) in [6.45, 7) is 2.94. The first kappa shape index (κ1) is 15.9. The average molecular weight is 321 g/mol. The highest BCUT2D eigenvalue weighted by atomic mass is 16.5. The smallest absolute Gasteiger partial charge is 0.260 e. The van der Waals surface area contributed by atoms with Crippen LogP contribution in [0.15, 0.2) is 54.6 Å². The number of carbonyl (C=O) groups is 1. The largest absolute Gasteiger partial charge is 0.482 e. The van der Waals surface area contributed by atoms with Crippen molar-refractivity contribution in [3.63, 3.8) is 0 Å². The monoisotopic (exact) mass is 321 g/mol. The molecule has 0 aliphatic carbocycles. The van der Waals surface area contributed by atoms with E-state index in [9.17, 15) is 4.79 Å². The molecule has 1 fully saturated rings. The van der Waals surface area contributed by atoms with Crippen molar-refractivity contribution in [3.05, 3.63) is 60.2 Å². The Balaban J connectivity index is 1.51. The molecule has 1 aliphatic heterocycles. The van der Waals surface area contributed by atoms with Crippen LogP contribution in [0.2, 0.25) is 0 Å². The average Bonchev–Trinajstić information content (AvgIpc) is 2.67. The second kappa shape index (κ2) is 7.51. The highest BCUT2D eigenvalue weighted by Crippen LogP contribution is 2.18. The SMILES string of the molecule is N#Cc1ccccc1OCC(=O)N1CCN(c2ccccc2)CC1. The number of nitrogens with zero attached hydrogens (tertiary/aromatic N) is 3. The molecule has 0 bridgehead atoms. The molecular formula is C19H19N3O2. The molecule has 2 aromatic rings. The third-order valence-electron chi connectivity index (χ3n) is 4.11. The number of ether oxygens (including phenoxy) is 1. The third-order valence-corrected chi connectivity index (χ3v) is 4.11. The minimum Gasteiger partial charge on any atom is -0.482 e. The Kier molecular flexibility index (Phi) is 4.97. The molecule has 0 aromatic heterocycles. The lowest BCUT2D eigenvalue weighted by Crippen LogP contribution is -2.50. The zero-order chi connectivity index (χ0) is 16.8. The molecule has 0 unspecified atom stereocenters. The second-order valence-electron chi connectivity index (χ2n) is 5.60. The topological polar surface area (TPSA) is 56.6 Å². The van der Waals surface area contributed by atoms with E-state index in [1.54, 1.807) is 24.3 Å². The van der Waals surface area contributed by atoms with Crippen molar-refractivity contribution >= 4 is 11.6 Å². The van der Waals surface area contributed by atoms with Gasteiger partial charge in [0.2, 0.25) is 0 Å². The molecule has 122 valence electrons. The van der Waals surface area contributed by atoms with E-state index in [0.29, 0.717) is 24.4 Å². The lowest BCUT2D eigenvalue weighted by Gasteiger charge is -2.36. The van der Waals surface area contributed by atoms with Gasteiger partial charge in [-0.3, -0.25) is 4.79 Å². The molecule has 5 heteroatoms. The number of carbonyl (C=O) groups excluding carboxylic acids is 1. The lowest BCUT2D eigenvalue weighted by molar-refractivity contribution is -0.133. The van der Waals surface area contributed by atoms with Gasteiger partial charge in [-0.15, -0.1) is 0 Å². The van der Waals surface area contributed by atoms with Crippen LogP contribution in [0.5, 0.6) is 5.75 Å². The summed E-state index contributed by atoms with van der Waals surface area (Å²) >= 11 is 0. The number of anilines is 1. The molecule has 5 nitrogen and oxygen atoms in total. The maximum absolute atomic E-state index is 12.3. The van der Waals surface area contributed by atoms with E-state index < -0.39 is 0 Å². The standard InChI is InChI=1S/C19H19N3O2/c20-14-16-6-4-5-9-18(16)24-15-19(23)22-12-10-21(11-13-22)17-7-2-1-3-8-17/h1-9H,10-13,15H2. The molecular weight excluding hydrogens is 302 g/mol. The fraction of sp³-hybridized carbons (Fsp3) is 0.263. The fourth-order valence-electron chi connectivity index (χ4n) is 2.77. The van der Waals surface area contributed by atoms with Crippen LogP contribution in [-0.2, 0) is 4.79 Å². The normalized spacial score (nSPS) is 14.1. The van der Waals surface area contributed by atoms with Gasteiger partial charge in [0.05, 0.1) is 5.56 Å². The summed E-state index contributed by atoms with van der Waals surface area (Å²) < 4.78 is 5.53. The van der Waals surface area contributed by atoms with Gasteiger partial charge in [0.25, 0.3) is 5.91 Å². The van der Waals surface area contributed by atoms with Gasteiger partial charge in [0, 0.05) is 31.9 Å². The Morgan fingerprint density at radius 3 is 2.38 bits per heavy atom. The molecule has 0 spiro atoms. The van der Waals surface area contributed by atoms with Crippen LogP contribution < -0.4 is 9.64 Å². The summed E-state index contributed by atoms with van der Waals surface area (Å²) in [5.74, 6) is 0.409. The van der Waals surface area contributed by atoms with Gasteiger partial charge in [-0.05, 0) is 24.3 Å². The molecule has 24 heavy (non-hydrogen) atoms. The van der Waals surface area contributed by atoms with Crippen molar-refractivity contribution in [2.24, 2.45) is 0 Å². The van der Waals surface area contributed by atoms with Crippen LogP contribution in [0, 0.1) is 11.3 Å². The number of para-hydroxylation sites is 2. The number of piperazine rings is 1. The number of hydrogen-bond acceptors (Lipinski definition) is 4. The summed E-state index contributed by atoms with van der Waals surface area (Å²) in [5, 5.41) is 9.04. The number of rotatable bonds is 4. The van der Waals surface area contributed by atoms with Crippen LogP contribution >= 0.6 is 0 Å². The van der Waals surface area contributed by atoms with Crippen molar-refractivity contribution in [1.29, 1.82) is 5.26 Å². The van der Waals surface area contributed by atoms with Gasteiger partial charge in [0.15, 0.2) is 6.61 Å². The fourth-order valence-corrected chi connectivity index (χ4v) is 2.77. The van der Waals surface area contributed by atoms with Crippen molar-refractivity contribution in [2.45, 2.75) is 0 Å². The quantitative estimate of drug-likeness (QED) is 0.867. The maximum atomic E-state index is 12.3. The van der Waals surface area contributed by atoms with Gasteiger partial charge in [-0.2, -0.15) is 5.26 Å². The number of hydrogen-bond donors (Lipinski definition) is 0. The summed E-state index contributed by atoms with van der Waals surface area (Å²) in [5.41, 5.74) is 1.63. The van der Waals surface area contributed by atoms with Gasteiger partial charge in [-0.25, -0.2) is 0 Å². The molecule has 0 saturated carbocycles. The van der Waals surface area contributed by atoms with Gasteiger partial charge in [0.1, 0.15) is 11.8 Å². The van der Waals surface area contributed by atoms with Crippen LogP contribution in [0.25, 0.3) is 0 Å². The summed E-state index contributed by atoms with van der Waals surface area (Å²) in [7, 11) is 0. The van der Waals surface area contributed by atoms with E-state index in [-0.39, 0.29) is 12.5 Å². The Labute approximate surface area is 141 Å². The van der Waals surface area contributed by atoms with E-state index in [1.807, 2.05) is 23.1 Å². The number of nitriles is 1. The minimum atomic E-state index is -0.0459. The highest BCUT2D eigenvalue weighted by molar-refractivity contribution is 5.78. The minimum absolute atomic E-state index is 0.0377. The van der Waals surface area contributed by atoms with E-state index in [1.165, 1.54) is 5.69 Å². The first-order chi connectivity index (χ1) is 11.8. The molecule has 0 N–H and O–H groups in total. The third kappa shape index (κ3) is 3.66. The van der Waals surface area contributed by atoms with Crippen LogP contribution in [-0.4, -0.2) is 43.6 Å². The van der Waals surface area contributed by atoms with Crippen molar-refractivity contribution in [2.75, 3.05) is 37.7 Å². The Morgan fingerprint density at radius 1 is 1.00 bits per heavy atom. The first-order valence-corrected chi connectivity index (χ1v) is 7.97. The summed E-state index contributed by atoms with van der Waals surface area (Å²) in [6, 6.07) is 19.2. The maximum Gasteiger partial charge on any atom is 0.260 e. The highest BCUT2D eigenvalue weighted by Gasteiger charge is 2.21. The molecule has 0 radical (unpaired) electrons. The van der Waals surface area contributed by atoms with E-state index in [4.69, 9.17) is 10.00 Å². The van der Waals surface area contributed by atoms with E-state index in [0.717, 1.165) is 13.1 Å². The van der Waals surface area contributed by atoms with Gasteiger partial charge in [-0.1, -0.05) is 30.3 Å².